The number of nitrogens with two attached hydrogens (primary N) is 1. The van der Waals surface area contributed by atoms with Gasteiger partial charge in [0.1, 0.15) is 4.62 Å². The first-order chi connectivity index (χ1) is 8.15. The number of aromatic nitrogens is 1. The van der Waals surface area contributed by atoms with Crippen LogP contribution in [0.25, 0.3) is 0 Å². The number of nitrogens with zero attached hydrogens (tertiary/aromatic N) is 3. The lowest BCUT2D eigenvalue weighted by Crippen LogP contribution is -2.28. The lowest BCUT2D eigenvalue weighted by atomic mass is 10.3. The van der Waals surface area contributed by atoms with Gasteiger partial charge in [-0.15, -0.1) is 0 Å². The first-order valence-electron chi connectivity index (χ1n) is 4.91. The van der Waals surface area contributed by atoms with Crippen molar-refractivity contribution in [1.29, 1.82) is 0 Å². The summed E-state index contributed by atoms with van der Waals surface area (Å²) in [6, 6.07) is 1.76. The van der Waals surface area contributed by atoms with Crippen LogP contribution in [0, 0.1) is 6.92 Å². The minimum Gasteiger partial charge on any atom is -0.386 e. The van der Waals surface area contributed by atoms with Crippen LogP contribution in [0.15, 0.2) is 20.9 Å². The molecule has 2 N–H and O–H groups in total. The third kappa shape index (κ3) is 3.19. The van der Waals surface area contributed by atoms with E-state index in [4.69, 9.17) is 19.9 Å². The Labute approximate surface area is 106 Å². The van der Waals surface area contributed by atoms with Crippen molar-refractivity contribution in [1.82, 2.24) is 5.16 Å². The summed E-state index contributed by atoms with van der Waals surface area (Å²) in [7, 11) is 0. The molecule has 0 saturated heterocycles. The predicted octanol–water partition coefficient (Wildman–Crippen LogP) is 1.27. The van der Waals surface area contributed by atoms with Crippen LogP contribution in [-0.4, -0.2) is 21.7 Å². The maximum absolute atomic E-state index is 5.67. The highest BCUT2D eigenvalue weighted by Crippen LogP contribution is 2.14. The maximum Gasteiger partial charge on any atom is 0.193 e. The summed E-state index contributed by atoms with van der Waals surface area (Å²) in [5.41, 5.74) is 6.46. The molecule has 0 fully saturated rings. The van der Waals surface area contributed by atoms with Crippen LogP contribution in [0.2, 0.25) is 0 Å². The van der Waals surface area contributed by atoms with E-state index in [-0.39, 0.29) is 18.5 Å². The zero-order chi connectivity index (χ0) is 12.3. The van der Waals surface area contributed by atoms with Crippen molar-refractivity contribution in [2.75, 3.05) is 0 Å². The number of hydrogen-bond donors (Lipinski definition) is 1. The minimum atomic E-state index is -0.374. The summed E-state index contributed by atoms with van der Waals surface area (Å²) in [6.07, 6.45) is 0.181. The fourth-order valence-corrected chi connectivity index (χ4v) is 1.60. The second-order valence-electron chi connectivity index (χ2n) is 3.49. The van der Waals surface area contributed by atoms with Crippen LogP contribution in [0.3, 0.4) is 0 Å². The zero-order valence-corrected chi connectivity index (χ0v) is 10.7. The summed E-state index contributed by atoms with van der Waals surface area (Å²) < 4.78 is 5.64. The third-order valence-electron chi connectivity index (χ3n) is 2.02. The Morgan fingerprint density at radius 1 is 1.76 bits per heavy atom. The Bertz CT molecular complexity index is 457. The first kappa shape index (κ1) is 11.9. The number of aryl methyl sites for hydroxylation is 1. The number of rotatable bonds is 4. The van der Waals surface area contributed by atoms with Crippen molar-refractivity contribution in [3.63, 3.8) is 0 Å². The topological polar surface area (TPSA) is 95.2 Å². The quantitative estimate of drug-likeness (QED) is 0.513. The average molecular weight is 303 g/mol. The summed E-state index contributed by atoms with van der Waals surface area (Å²) >= 11 is 3.20. The van der Waals surface area contributed by atoms with Crippen molar-refractivity contribution in [3.05, 3.63) is 17.5 Å². The Morgan fingerprint density at radius 2 is 2.59 bits per heavy atom. The average Bonchev–Trinajstić information content (AvgIpc) is 2.88. The van der Waals surface area contributed by atoms with Gasteiger partial charge in [0.2, 0.25) is 0 Å². The Kier molecular flexibility index (Phi) is 3.62. The molecule has 0 radical (unpaired) electrons. The molecule has 92 valence electrons. The van der Waals surface area contributed by atoms with Crippen LogP contribution >= 0.6 is 15.9 Å². The van der Waals surface area contributed by atoms with Gasteiger partial charge in [-0.3, -0.25) is 0 Å². The van der Waals surface area contributed by atoms with Gasteiger partial charge in [0.25, 0.3) is 0 Å². The number of amidine groups is 1. The summed E-state index contributed by atoms with van der Waals surface area (Å²) in [5, 5.41) is 11.1. The first-order valence-corrected chi connectivity index (χ1v) is 5.70. The highest BCUT2D eigenvalue weighted by molar-refractivity contribution is 9.18. The molecule has 1 atom stereocenters. The molecule has 1 unspecified atom stereocenters. The molecule has 2 heterocycles. The largest absolute Gasteiger partial charge is 0.386 e. The Hall–Kier alpha value is -1.57. The molecule has 0 aliphatic carbocycles. The normalized spacial score (nSPS) is 20.0. The van der Waals surface area contributed by atoms with E-state index in [0.717, 1.165) is 5.69 Å². The molecule has 1 aromatic heterocycles. The van der Waals surface area contributed by atoms with Gasteiger partial charge >= 0.3 is 0 Å². The van der Waals surface area contributed by atoms with Gasteiger partial charge in [-0.25, -0.2) is 0 Å². The molecule has 0 saturated carbocycles. The van der Waals surface area contributed by atoms with E-state index in [0.29, 0.717) is 16.8 Å². The van der Waals surface area contributed by atoms with Crippen molar-refractivity contribution in [2.45, 2.75) is 26.1 Å². The molecule has 8 heteroatoms. The molecule has 1 aliphatic rings. The van der Waals surface area contributed by atoms with E-state index in [1.165, 1.54) is 0 Å². The van der Waals surface area contributed by atoms with Crippen molar-refractivity contribution >= 4 is 26.4 Å². The fraction of sp³-hybridized carbons (Fsp3) is 0.444. The van der Waals surface area contributed by atoms with Gasteiger partial charge in [0.15, 0.2) is 24.3 Å². The second kappa shape index (κ2) is 5.17. The van der Waals surface area contributed by atoms with Crippen molar-refractivity contribution in [3.8, 4) is 0 Å². The van der Waals surface area contributed by atoms with E-state index in [1.807, 2.05) is 6.92 Å². The summed E-state index contributed by atoms with van der Waals surface area (Å²) in [4.78, 5) is 10.0. The van der Waals surface area contributed by atoms with Gasteiger partial charge < -0.3 is 19.9 Å². The van der Waals surface area contributed by atoms with Gasteiger partial charge in [-0.1, -0.05) is 15.5 Å². The molecule has 1 aliphatic heterocycles. The lowest BCUT2D eigenvalue weighted by Gasteiger charge is -2.05. The third-order valence-corrected chi connectivity index (χ3v) is 2.48. The van der Waals surface area contributed by atoms with Gasteiger partial charge in [0.05, 0.1) is 5.69 Å². The number of hydrogen-bond acceptors (Lipinski definition) is 6. The van der Waals surface area contributed by atoms with Crippen molar-refractivity contribution < 1.29 is 14.2 Å². The van der Waals surface area contributed by atoms with Crippen LogP contribution in [0.5, 0.6) is 0 Å². The van der Waals surface area contributed by atoms with Crippen LogP contribution in [-0.2, 0) is 16.3 Å². The predicted molar refractivity (Wildman–Crippen MR) is 63.5 cm³/mol. The smallest absolute Gasteiger partial charge is 0.193 e. The number of oxime groups is 2. The summed E-state index contributed by atoms with van der Waals surface area (Å²) in [6.45, 7) is 2.00. The Morgan fingerprint density at radius 3 is 3.18 bits per heavy atom. The van der Waals surface area contributed by atoms with E-state index >= 15 is 0 Å². The van der Waals surface area contributed by atoms with E-state index in [9.17, 15) is 0 Å². The number of halogens is 1. The van der Waals surface area contributed by atoms with Crippen LogP contribution in [0.4, 0.5) is 0 Å². The molecule has 0 amide bonds. The van der Waals surface area contributed by atoms with E-state index in [2.05, 4.69) is 31.4 Å². The van der Waals surface area contributed by atoms with Gasteiger partial charge in [0, 0.05) is 12.5 Å². The van der Waals surface area contributed by atoms with E-state index in [1.54, 1.807) is 6.07 Å². The fourth-order valence-electron chi connectivity index (χ4n) is 1.22. The molecule has 17 heavy (non-hydrogen) atoms. The van der Waals surface area contributed by atoms with E-state index < -0.39 is 0 Å². The highest BCUT2D eigenvalue weighted by atomic mass is 79.9. The molecule has 0 spiro atoms. The Balaban J connectivity index is 1.80. The summed E-state index contributed by atoms with van der Waals surface area (Å²) in [5.74, 6) is 0.822. The zero-order valence-electron chi connectivity index (χ0n) is 9.09. The van der Waals surface area contributed by atoms with Crippen molar-refractivity contribution in [2.24, 2.45) is 16.0 Å². The molecule has 1 aromatic rings. The minimum absolute atomic E-state index is 0.177. The molecule has 2 rings (SSSR count). The molecular weight excluding hydrogens is 292 g/mol. The lowest BCUT2D eigenvalue weighted by molar-refractivity contribution is 0.0947. The van der Waals surface area contributed by atoms with Crippen LogP contribution < -0.4 is 5.73 Å². The SMILES string of the molecule is Cc1cc(CON=C(N)C2CC(Br)=NO2)on1. The molecule has 0 aromatic carbocycles. The molecule has 0 bridgehead atoms. The monoisotopic (exact) mass is 302 g/mol. The van der Waals surface area contributed by atoms with Gasteiger partial charge in [-0.2, -0.15) is 0 Å². The molecular formula is C9H11BrN4O3. The standard InChI is InChI=1S/C9H11BrN4O3/c1-5-2-6(16-12-5)4-15-14-9(11)7-3-8(10)13-17-7/h2,7H,3-4H2,1H3,(H2,11,14). The maximum atomic E-state index is 5.67. The molecule has 7 nitrogen and oxygen atoms in total. The highest BCUT2D eigenvalue weighted by Gasteiger charge is 2.23. The van der Waals surface area contributed by atoms with Gasteiger partial charge in [-0.05, 0) is 22.9 Å². The second-order valence-corrected chi connectivity index (χ2v) is 4.41. The van der Waals surface area contributed by atoms with Crippen LogP contribution in [0.1, 0.15) is 17.9 Å².